The number of hydrogen-bond acceptors (Lipinski definition) is 3. The number of aryl methyl sites for hydroxylation is 2. The molecule has 0 aromatic carbocycles. The van der Waals surface area contributed by atoms with Crippen molar-refractivity contribution in [3.8, 4) is 0 Å². The molecule has 6 nitrogen and oxygen atoms in total. The summed E-state index contributed by atoms with van der Waals surface area (Å²) in [4.78, 5) is 23.7. The van der Waals surface area contributed by atoms with Gasteiger partial charge in [0.15, 0.2) is 0 Å². The molecule has 1 amide bonds. The molecule has 2 aliphatic carbocycles. The van der Waals surface area contributed by atoms with E-state index in [4.69, 9.17) is 0 Å². The SMILES string of the molecule is Cc1nn(C)cc1C(=O)NC1C2CCC(C2)C1C(=O)O. The molecule has 2 N–H and O–H groups in total. The number of carbonyl (C=O) groups is 2. The van der Waals surface area contributed by atoms with Crippen molar-refractivity contribution >= 4 is 11.9 Å². The van der Waals surface area contributed by atoms with Crippen LogP contribution in [0, 0.1) is 24.7 Å². The van der Waals surface area contributed by atoms with E-state index in [1.54, 1.807) is 24.9 Å². The van der Waals surface area contributed by atoms with E-state index in [2.05, 4.69) is 10.4 Å². The molecule has 1 heterocycles. The number of fused-ring (bicyclic) bond motifs is 2. The molecule has 1 aromatic rings. The van der Waals surface area contributed by atoms with Crippen LogP contribution in [0.1, 0.15) is 35.3 Å². The molecule has 2 aliphatic rings. The second kappa shape index (κ2) is 4.61. The minimum Gasteiger partial charge on any atom is -0.481 e. The van der Waals surface area contributed by atoms with Gasteiger partial charge in [-0.25, -0.2) is 0 Å². The van der Waals surface area contributed by atoms with Crippen LogP contribution in [-0.4, -0.2) is 32.8 Å². The first-order valence-electron chi connectivity index (χ1n) is 7.01. The third-order valence-corrected chi connectivity index (χ3v) is 4.76. The van der Waals surface area contributed by atoms with Crippen LogP contribution in [0.3, 0.4) is 0 Å². The summed E-state index contributed by atoms with van der Waals surface area (Å²) in [5, 5.41) is 16.5. The predicted molar refractivity (Wildman–Crippen MR) is 71.2 cm³/mol. The van der Waals surface area contributed by atoms with E-state index in [-0.39, 0.29) is 17.9 Å². The first-order chi connectivity index (χ1) is 9.47. The Morgan fingerprint density at radius 1 is 1.40 bits per heavy atom. The number of carboxylic acids is 1. The maximum absolute atomic E-state index is 12.3. The lowest BCUT2D eigenvalue weighted by molar-refractivity contribution is -0.144. The molecular weight excluding hydrogens is 258 g/mol. The highest BCUT2D eigenvalue weighted by molar-refractivity contribution is 5.95. The number of amides is 1. The standard InChI is InChI=1S/C14H19N3O3/c1-7-10(6-17(2)16-7)13(18)15-12-9-4-3-8(5-9)11(12)14(19)20/h6,8-9,11-12H,3-5H2,1-2H3,(H,15,18)(H,19,20). The average Bonchev–Trinajstić information content (AvgIpc) is 3.03. The largest absolute Gasteiger partial charge is 0.481 e. The Labute approximate surface area is 117 Å². The summed E-state index contributed by atoms with van der Waals surface area (Å²) in [6.45, 7) is 1.78. The lowest BCUT2D eigenvalue weighted by Crippen LogP contribution is -2.46. The molecule has 1 aromatic heterocycles. The quantitative estimate of drug-likeness (QED) is 0.861. The van der Waals surface area contributed by atoms with Crippen LogP contribution in [0.5, 0.6) is 0 Å². The van der Waals surface area contributed by atoms with Gasteiger partial charge < -0.3 is 10.4 Å². The summed E-state index contributed by atoms with van der Waals surface area (Å²) in [5.74, 6) is -0.903. The molecule has 0 spiro atoms. The lowest BCUT2D eigenvalue weighted by atomic mass is 9.84. The molecule has 4 atom stereocenters. The Balaban J connectivity index is 1.78. The Morgan fingerprint density at radius 2 is 2.10 bits per heavy atom. The van der Waals surface area contributed by atoms with Gasteiger partial charge in [0.1, 0.15) is 0 Å². The van der Waals surface area contributed by atoms with Crippen molar-refractivity contribution in [3.63, 3.8) is 0 Å². The van der Waals surface area contributed by atoms with Crippen LogP contribution < -0.4 is 5.32 Å². The number of aliphatic carboxylic acids is 1. The third kappa shape index (κ3) is 1.99. The summed E-state index contributed by atoms with van der Waals surface area (Å²) < 4.78 is 1.60. The van der Waals surface area contributed by atoms with Crippen LogP contribution in [0.25, 0.3) is 0 Å². The topological polar surface area (TPSA) is 84.2 Å². The van der Waals surface area contributed by atoms with E-state index in [0.717, 1.165) is 19.3 Å². The van der Waals surface area contributed by atoms with Gasteiger partial charge >= 0.3 is 5.97 Å². The van der Waals surface area contributed by atoms with E-state index >= 15 is 0 Å². The number of aromatic nitrogens is 2. The summed E-state index contributed by atoms with van der Waals surface area (Å²) in [6.07, 6.45) is 4.59. The Bertz CT molecular complexity index is 566. The highest BCUT2D eigenvalue weighted by atomic mass is 16.4. The fraction of sp³-hybridized carbons (Fsp3) is 0.643. The normalized spacial score (nSPS) is 31.5. The number of carbonyl (C=O) groups excluding carboxylic acids is 1. The van der Waals surface area contributed by atoms with Crippen molar-refractivity contribution in [2.45, 2.75) is 32.2 Å². The van der Waals surface area contributed by atoms with Gasteiger partial charge in [-0.2, -0.15) is 5.10 Å². The molecule has 0 saturated heterocycles. The van der Waals surface area contributed by atoms with Crippen molar-refractivity contribution in [3.05, 3.63) is 17.5 Å². The molecule has 2 fully saturated rings. The van der Waals surface area contributed by atoms with Crippen molar-refractivity contribution < 1.29 is 14.7 Å². The molecule has 3 rings (SSSR count). The fourth-order valence-corrected chi connectivity index (χ4v) is 3.91. The molecule has 6 heteroatoms. The molecule has 0 radical (unpaired) electrons. The van der Waals surface area contributed by atoms with Crippen molar-refractivity contribution in [1.29, 1.82) is 0 Å². The molecule has 108 valence electrons. The lowest BCUT2D eigenvalue weighted by Gasteiger charge is -2.28. The number of nitrogens with one attached hydrogen (secondary N) is 1. The Kier molecular flexibility index (Phi) is 3.03. The molecule has 2 saturated carbocycles. The van der Waals surface area contributed by atoms with Crippen molar-refractivity contribution in [2.75, 3.05) is 0 Å². The van der Waals surface area contributed by atoms with E-state index in [9.17, 15) is 14.7 Å². The number of hydrogen-bond donors (Lipinski definition) is 2. The van der Waals surface area contributed by atoms with Gasteiger partial charge in [-0.1, -0.05) is 0 Å². The van der Waals surface area contributed by atoms with Crippen LogP contribution in [0.4, 0.5) is 0 Å². The second-order valence-corrected chi connectivity index (χ2v) is 6.00. The molecular formula is C14H19N3O3. The average molecular weight is 277 g/mol. The summed E-state index contributed by atoms with van der Waals surface area (Å²) in [6, 6.07) is -0.238. The van der Waals surface area contributed by atoms with Crippen molar-refractivity contribution in [1.82, 2.24) is 15.1 Å². The first-order valence-corrected chi connectivity index (χ1v) is 7.01. The van der Waals surface area contributed by atoms with Gasteiger partial charge in [0, 0.05) is 19.3 Å². The van der Waals surface area contributed by atoms with Gasteiger partial charge in [-0.05, 0) is 38.0 Å². The molecule has 4 unspecified atom stereocenters. The monoisotopic (exact) mass is 277 g/mol. The summed E-state index contributed by atoms with van der Waals surface area (Å²) in [7, 11) is 1.77. The predicted octanol–water partition coefficient (Wildman–Crippen LogP) is 0.958. The Morgan fingerprint density at radius 3 is 2.70 bits per heavy atom. The second-order valence-electron chi connectivity index (χ2n) is 6.00. The van der Waals surface area contributed by atoms with Crippen molar-refractivity contribution in [2.24, 2.45) is 24.8 Å². The Hall–Kier alpha value is -1.85. The zero-order valence-electron chi connectivity index (χ0n) is 11.7. The van der Waals surface area contributed by atoms with Crippen LogP contribution >= 0.6 is 0 Å². The van der Waals surface area contributed by atoms with E-state index in [0.29, 0.717) is 17.2 Å². The maximum Gasteiger partial charge on any atom is 0.308 e. The zero-order chi connectivity index (χ0) is 14.4. The highest BCUT2D eigenvalue weighted by Gasteiger charge is 2.51. The molecule has 2 bridgehead atoms. The van der Waals surface area contributed by atoms with Crippen LogP contribution in [-0.2, 0) is 11.8 Å². The van der Waals surface area contributed by atoms with Gasteiger partial charge in [0.05, 0.1) is 17.2 Å². The van der Waals surface area contributed by atoms with E-state index < -0.39 is 11.9 Å². The summed E-state index contributed by atoms with van der Waals surface area (Å²) in [5.41, 5.74) is 1.19. The van der Waals surface area contributed by atoms with Crippen LogP contribution in [0.2, 0.25) is 0 Å². The number of rotatable bonds is 3. The number of nitrogens with zero attached hydrogens (tertiary/aromatic N) is 2. The highest BCUT2D eigenvalue weighted by Crippen LogP contribution is 2.48. The van der Waals surface area contributed by atoms with E-state index in [1.807, 2.05) is 0 Å². The molecule has 0 aliphatic heterocycles. The zero-order valence-corrected chi connectivity index (χ0v) is 11.7. The molecule has 20 heavy (non-hydrogen) atoms. The van der Waals surface area contributed by atoms with Gasteiger partial charge in [-0.3, -0.25) is 14.3 Å². The van der Waals surface area contributed by atoms with E-state index in [1.165, 1.54) is 0 Å². The third-order valence-electron chi connectivity index (χ3n) is 4.76. The van der Waals surface area contributed by atoms with Gasteiger partial charge in [0.25, 0.3) is 5.91 Å². The smallest absolute Gasteiger partial charge is 0.308 e. The maximum atomic E-state index is 12.3. The minimum absolute atomic E-state index is 0.209. The van der Waals surface area contributed by atoms with Gasteiger partial charge in [0.2, 0.25) is 0 Å². The fourth-order valence-electron chi connectivity index (χ4n) is 3.91. The number of carboxylic acid groups (broad SMARTS) is 1. The van der Waals surface area contributed by atoms with Crippen LogP contribution in [0.15, 0.2) is 6.20 Å². The minimum atomic E-state index is -0.787. The summed E-state index contributed by atoms with van der Waals surface area (Å²) >= 11 is 0. The van der Waals surface area contributed by atoms with Gasteiger partial charge in [-0.15, -0.1) is 0 Å². The first kappa shape index (κ1) is 13.1.